The molecule has 0 bridgehead atoms. The summed E-state index contributed by atoms with van der Waals surface area (Å²) in [5.74, 6) is 0.303. The van der Waals surface area contributed by atoms with Crippen LogP contribution < -0.4 is 19.6 Å². The van der Waals surface area contributed by atoms with Gasteiger partial charge in [0.15, 0.2) is 4.80 Å². The van der Waals surface area contributed by atoms with Gasteiger partial charge in [-0.2, -0.15) is 0 Å². The SMILES string of the molecule is CCCC1=C(C(=O)OCC)[C@@H](c2cccc(OC)c2)n2c(s/c(=C/c3ccc(-c4cc(Cl)ccc4C(=O)OC)o3)c2=O)=N1. The first-order valence-corrected chi connectivity index (χ1v) is 14.8. The second-order valence-electron chi connectivity index (χ2n) is 9.57. The Morgan fingerprint density at radius 3 is 2.63 bits per heavy atom. The van der Waals surface area contributed by atoms with E-state index in [2.05, 4.69) is 0 Å². The summed E-state index contributed by atoms with van der Waals surface area (Å²) in [6, 6.07) is 14.7. The van der Waals surface area contributed by atoms with Crippen molar-refractivity contribution in [3.05, 3.63) is 107 Å². The van der Waals surface area contributed by atoms with Crippen LogP contribution in [-0.2, 0) is 14.3 Å². The zero-order chi connectivity index (χ0) is 30.7. The molecule has 5 rings (SSSR count). The van der Waals surface area contributed by atoms with Crippen LogP contribution in [0.25, 0.3) is 17.4 Å². The summed E-state index contributed by atoms with van der Waals surface area (Å²) < 4.78 is 23.7. The molecule has 0 amide bonds. The molecule has 11 heteroatoms. The Labute approximate surface area is 256 Å². The van der Waals surface area contributed by atoms with Crippen LogP contribution in [-0.4, -0.2) is 37.3 Å². The van der Waals surface area contributed by atoms with Crippen molar-refractivity contribution < 1.29 is 28.2 Å². The number of halogens is 1. The minimum absolute atomic E-state index is 0.183. The second kappa shape index (κ2) is 12.8. The minimum atomic E-state index is -0.768. The predicted molar refractivity (Wildman–Crippen MR) is 163 cm³/mol. The van der Waals surface area contributed by atoms with E-state index < -0.39 is 18.0 Å². The molecule has 0 saturated heterocycles. The van der Waals surface area contributed by atoms with Gasteiger partial charge in [-0.05, 0) is 61.4 Å². The van der Waals surface area contributed by atoms with Crippen molar-refractivity contribution in [3.8, 4) is 17.1 Å². The van der Waals surface area contributed by atoms with Gasteiger partial charge in [0.05, 0.1) is 48.2 Å². The number of methoxy groups -OCH3 is 2. The number of rotatable bonds is 9. The fraction of sp³-hybridized carbons (Fsp3) is 0.250. The zero-order valence-corrected chi connectivity index (χ0v) is 25.6. The molecular weight excluding hydrogens is 592 g/mol. The Kier molecular flexibility index (Phi) is 8.98. The van der Waals surface area contributed by atoms with E-state index in [1.807, 2.05) is 19.1 Å². The van der Waals surface area contributed by atoms with Crippen molar-refractivity contribution in [3.63, 3.8) is 0 Å². The van der Waals surface area contributed by atoms with E-state index in [1.54, 1.807) is 62.6 Å². The number of nitrogens with zero attached hydrogens (tertiary/aromatic N) is 2. The van der Waals surface area contributed by atoms with Crippen LogP contribution in [0.3, 0.4) is 0 Å². The molecule has 2 aromatic carbocycles. The fourth-order valence-corrected chi connectivity index (χ4v) is 6.13. The van der Waals surface area contributed by atoms with Gasteiger partial charge in [-0.3, -0.25) is 9.36 Å². The largest absolute Gasteiger partial charge is 0.497 e. The van der Waals surface area contributed by atoms with E-state index in [0.29, 0.717) is 66.0 Å². The maximum atomic E-state index is 14.0. The van der Waals surface area contributed by atoms with Crippen molar-refractivity contribution in [2.45, 2.75) is 32.7 Å². The third kappa shape index (κ3) is 5.93. The number of furan rings is 1. The highest BCUT2D eigenvalue weighted by Gasteiger charge is 2.34. The van der Waals surface area contributed by atoms with E-state index in [1.165, 1.54) is 23.0 Å². The molecule has 1 aliphatic heterocycles. The molecule has 43 heavy (non-hydrogen) atoms. The molecule has 0 aliphatic carbocycles. The van der Waals surface area contributed by atoms with Crippen LogP contribution in [0.4, 0.5) is 0 Å². The summed E-state index contributed by atoms with van der Waals surface area (Å²) in [4.78, 5) is 44.9. The summed E-state index contributed by atoms with van der Waals surface area (Å²) in [5, 5.41) is 0.423. The Morgan fingerprint density at radius 1 is 1.09 bits per heavy atom. The number of thiazole rings is 1. The summed E-state index contributed by atoms with van der Waals surface area (Å²) in [6.45, 7) is 3.92. The van der Waals surface area contributed by atoms with Crippen LogP contribution in [0.1, 0.15) is 54.4 Å². The third-order valence-corrected chi connectivity index (χ3v) is 8.07. The molecule has 0 saturated carbocycles. The molecule has 0 radical (unpaired) electrons. The summed E-state index contributed by atoms with van der Waals surface area (Å²) >= 11 is 7.40. The number of benzene rings is 2. The monoisotopic (exact) mass is 620 g/mol. The molecule has 0 fully saturated rings. The fourth-order valence-electron chi connectivity index (χ4n) is 4.96. The average Bonchev–Trinajstić information content (AvgIpc) is 3.60. The lowest BCUT2D eigenvalue weighted by molar-refractivity contribution is -0.139. The first-order valence-electron chi connectivity index (χ1n) is 13.6. The van der Waals surface area contributed by atoms with Crippen molar-refractivity contribution in [1.82, 2.24) is 4.57 Å². The van der Waals surface area contributed by atoms with Crippen LogP contribution in [0, 0.1) is 0 Å². The van der Waals surface area contributed by atoms with E-state index in [4.69, 9.17) is 35.2 Å². The number of hydrogen-bond donors (Lipinski definition) is 0. The first kappa shape index (κ1) is 30.1. The average molecular weight is 621 g/mol. The Morgan fingerprint density at radius 2 is 1.91 bits per heavy atom. The lowest BCUT2D eigenvalue weighted by Crippen LogP contribution is -2.40. The van der Waals surface area contributed by atoms with Gasteiger partial charge in [-0.15, -0.1) is 0 Å². The summed E-state index contributed by atoms with van der Waals surface area (Å²) in [6.07, 6.45) is 2.89. The number of aromatic nitrogens is 1. The molecule has 0 unspecified atom stereocenters. The second-order valence-corrected chi connectivity index (χ2v) is 11.0. The molecule has 1 atom stereocenters. The molecule has 2 aromatic heterocycles. The maximum Gasteiger partial charge on any atom is 0.338 e. The number of esters is 2. The predicted octanol–water partition coefficient (Wildman–Crippen LogP) is 5.29. The standard InChI is InChI=1S/C32H29ClN2O7S/c1-5-8-24-27(31(38)41-6-2)28(18-9-7-10-20(15-18)39-3)35-29(36)26(43-32(35)34-24)17-21-12-14-25(42-21)23-16-19(33)11-13-22(23)30(37)40-4/h7,9-17,28H,5-6,8H2,1-4H3/b26-17+/t28-/m1/s1. The molecule has 222 valence electrons. The highest BCUT2D eigenvalue weighted by atomic mass is 35.5. The van der Waals surface area contributed by atoms with Gasteiger partial charge < -0.3 is 18.6 Å². The Bertz CT molecular complexity index is 1920. The van der Waals surface area contributed by atoms with Gasteiger partial charge >= 0.3 is 11.9 Å². The summed E-state index contributed by atoms with van der Waals surface area (Å²) in [7, 11) is 2.86. The van der Waals surface area contributed by atoms with Crippen molar-refractivity contribution >= 4 is 41.0 Å². The van der Waals surface area contributed by atoms with Crippen LogP contribution in [0.2, 0.25) is 5.02 Å². The van der Waals surface area contributed by atoms with Crippen molar-refractivity contribution in [2.75, 3.05) is 20.8 Å². The lowest BCUT2D eigenvalue weighted by atomic mass is 9.94. The number of allylic oxidation sites excluding steroid dienone is 1. The highest BCUT2D eigenvalue weighted by Crippen LogP contribution is 2.34. The first-order chi connectivity index (χ1) is 20.8. The van der Waals surface area contributed by atoms with Crippen LogP contribution in [0.5, 0.6) is 5.75 Å². The topological polar surface area (TPSA) is 109 Å². The Balaban J connectivity index is 1.67. The highest BCUT2D eigenvalue weighted by molar-refractivity contribution is 7.07. The maximum absolute atomic E-state index is 14.0. The molecule has 9 nitrogen and oxygen atoms in total. The zero-order valence-electron chi connectivity index (χ0n) is 24.0. The third-order valence-electron chi connectivity index (χ3n) is 6.85. The molecule has 0 spiro atoms. The number of fused-ring (bicyclic) bond motifs is 1. The number of hydrogen-bond acceptors (Lipinski definition) is 9. The van der Waals surface area contributed by atoms with Gasteiger partial charge in [0.2, 0.25) is 0 Å². The lowest BCUT2D eigenvalue weighted by Gasteiger charge is -2.26. The van der Waals surface area contributed by atoms with Gasteiger partial charge in [-0.1, -0.05) is 48.4 Å². The quantitative estimate of drug-likeness (QED) is 0.234. The molecule has 1 aliphatic rings. The van der Waals surface area contributed by atoms with Gasteiger partial charge in [0, 0.05) is 16.7 Å². The van der Waals surface area contributed by atoms with Crippen molar-refractivity contribution in [2.24, 2.45) is 4.99 Å². The molecule has 0 N–H and O–H groups in total. The van der Waals surface area contributed by atoms with E-state index in [-0.39, 0.29) is 12.2 Å². The number of carbonyl (C=O) groups is 2. The molecular formula is C32H29ClN2O7S. The number of carbonyl (C=O) groups excluding carboxylic acids is 2. The minimum Gasteiger partial charge on any atom is -0.497 e. The Hall–Kier alpha value is -4.41. The van der Waals surface area contributed by atoms with E-state index >= 15 is 0 Å². The van der Waals surface area contributed by atoms with Crippen LogP contribution >= 0.6 is 22.9 Å². The van der Waals surface area contributed by atoms with Gasteiger partial charge in [0.25, 0.3) is 5.56 Å². The number of ether oxygens (including phenoxy) is 3. The summed E-state index contributed by atoms with van der Waals surface area (Å²) in [5.41, 5.74) is 2.01. The molecule has 4 aromatic rings. The van der Waals surface area contributed by atoms with Crippen LogP contribution in [0.15, 0.2) is 80.1 Å². The smallest absolute Gasteiger partial charge is 0.338 e. The normalized spacial score (nSPS) is 14.7. The van der Waals surface area contributed by atoms with E-state index in [9.17, 15) is 14.4 Å². The van der Waals surface area contributed by atoms with E-state index in [0.717, 1.165) is 6.42 Å². The van der Waals surface area contributed by atoms with Gasteiger partial charge in [0.1, 0.15) is 17.3 Å². The molecule has 3 heterocycles. The van der Waals surface area contributed by atoms with Gasteiger partial charge in [-0.25, -0.2) is 14.6 Å². The van der Waals surface area contributed by atoms with Crippen molar-refractivity contribution in [1.29, 1.82) is 0 Å².